The highest BCUT2D eigenvalue weighted by molar-refractivity contribution is 6.05. The summed E-state index contributed by atoms with van der Waals surface area (Å²) >= 11 is 0. The van der Waals surface area contributed by atoms with Crippen molar-refractivity contribution < 1.29 is 9.15 Å². The Hall–Kier alpha value is -6.85. The van der Waals surface area contributed by atoms with Gasteiger partial charge in [0.25, 0.3) is 0 Å². The van der Waals surface area contributed by atoms with E-state index in [9.17, 15) is 0 Å². The number of aromatic nitrogens is 3. The van der Waals surface area contributed by atoms with Gasteiger partial charge in [0.05, 0.1) is 5.41 Å². The van der Waals surface area contributed by atoms with Crippen molar-refractivity contribution >= 4 is 21.9 Å². The van der Waals surface area contributed by atoms with E-state index in [1.54, 1.807) is 0 Å². The van der Waals surface area contributed by atoms with E-state index >= 15 is 0 Å². The Morgan fingerprint density at radius 2 is 1.00 bits per heavy atom. The molecule has 5 heteroatoms. The van der Waals surface area contributed by atoms with Gasteiger partial charge in [-0.15, -0.1) is 0 Å². The third-order valence-corrected chi connectivity index (χ3v) is 11.4. The first-order chi connectivity index (χ1) is 26.5. The number of hydrogen-bond acceptors (Lipinski definition) is 5. The van der Waals surface area contributed by atoms with Crippen LogP contribution in [0.15, 0.2) is 168 Å². The van der Waals surface area contributed by atoms with Gasteiger partial charge in [0, 0.05) is 44.0 Å². The van der Waals surface area contributed by atoms with Crippen LogP contribution in [0.3, 0.4) is 0 Å². The van der Waals surface area contributed by atoms with E-state index in [-0.39, 0.29) is 0 Å². The van der Waals surface area contributed by atoms with Gasteiger partial charge in [-0.25, -0.2) is 15.0 Å². The van der Waals surface area contributed by atoms with Crippen LogP contribution in [0.1, 0.15) is 47.2 Å². The Morgan fingerprint density at radius 3 is 1.76 bits per heavy atom. The number of hydrogen-bond donors (Lipinski definition) is 0. The van der Waals surface area contributed by atoms with Crippen LogP contribution in [-0.4, -0.2) is 15.0 Å². The van der Waals surface area contributed by atoms with E-state index in [4.69, 9.17) is 24.1 Å². The highest BCUT2D eigenvalue weighted by atomic mass is 16.5. The van der Waals surface area contributed by atoms with Crippen molar-refractivity contribution in [2.75, 3.05) is 0 Å². The second-order valence-corrected chi connectivity index (χ2v) is 14.7. The van der Waals surface area contributed by atoms with Crippen LogP contribution in [0, 0.1) is 0 Å². The van der Waals surface area contributed by atoms with Crippen LogP contribution in [-0.2, 0) is 10.8 Å². The van der Waals surface area contributed by atoms with Gasteiger partial charge in [-0.2, -0.15) is 0 Å². The van der Waals surface area contributed by atoms with Crippen LogP contribution in [0.4, 0.5) is 0 Å². The fourth-order valence-electron chi connectivity index (χ4n) is 9.14. The molecule has 2 aromatic heterocycles. The van der Waals surface area contributed by atoms with Crippen LogP contribution in [0.5, 0.6) is 11.5 Å². The molecule has 9 aromatic rings. The molecule has 0 saturated heterocycles. The number of para-hydroxylation sites is 3. The average molecular weight is 696 g/mol. The van der Waals surface area contributed by atoms with Crippen molar-refractivity contribution in [3.8, 4) is 45.7 Å². The number of fused-ring (bicyclic) bond motifs is 11. The lowest BCUT2D eigenvalue weighted by molar-refractivity contribution is 0.425. The molecule has 0 atom stereocenters. The maximum atomic E-state index is 6.64. The summed E-state index contributed by atoms with van der Waals surface area (Å²) in [6.07, 6.45) is 0. The van der Waals surface area contributed by atoms with Crippen molar-refractivity contribution in [2.45, 2.75) is 24.7 Å². The quantitative estimate of drug-likeness (QED) is 0.184. The van der Waals surface area contributed by atoms with Gasteiger partial charge >= 0.3 is 0 Å². The van der Waals surface area contributed by atoms with E-state index in [1.807, 2.05) is 36.4 Å². The van der Waals surface area contributed by atoms with Crippen LogP contribution in [0.2, 0.25) is 0 Å². The first-order valence-corrected chi connectivity index (χ1v) is 18.4. The molecule has 0 N–H and O–H groups in total. The van der Waals surface area contributed by atoms with Gasteiger partial charge in [-0.1, -0.05) is 147 Å². The highest BCUT2D eigenvalue weighted by Gasteiger charge is 2.53. The van der Waals surface area contributed by atoms with Crippen molar-refractivity contribution in [3.63, 3.8) is 0 Å². The van der Waals surface area contributed by atoms with Crippen LogP contribution in [0.25, 0.3) is 56.1 Å². The minimum absolute atomic E-state index is 0.414. The second-order valence-electron chi connectivity index (χ2n) is 14.7. The number of nitrogens with zero attached hydrogens (tertiary/aromatic N) is 3. The molecule has 0 bridgehead atoms. The van der Waals surface area contributed by atoms with E-state index in [2.05, 4.69) is 141 Å². The molecule has 0 saturated carbocycles. The highest BCUT2D eigenvalue weighted by Crippen LogP contribution is 2.62. The first kappa shape index (κ1) is 30.7. The summed E-state index contributed by atoms with van der Waals surface area (Å²) in [7, 11) is 0. The van der Waals surface area contributed by atoms with Gasteiger partial charge in [0.1, 0.15) is 22.7 Å². The molecule has 1 spiro atoms. The molecule has 3 heterocycles. The first-order valence-electron chi connectivity index (χ1n) is 18.4. The lowest BCUT2D eigenvalue weighted by atomic mass is 9.53. The Bertz CT molecular complexity index is 2920. The summed E-state index contributed by atoms with van der Waals surface area (Å²) in [6.45, 7) is 4.65. The SMILES string of the molecule is CC1(C)c2ccccc2C2(c3ccccc3Oc3ccccc32)c2cccc(-c3nc(-c4ccccc4)nc(-c4ccc5c(c4)oc4ccccc45)n3)c21. The standard InChI is InChI=1S/C49H33N3O2/c1-48(2)35-19-7-8-20-36(35)49(37-21-9-12-25-41(37)54-42-26-13-10-22-38(42)49)39-23-14-18-34(44(39)48)47-51-45(30-15-4-3-5-16-30)50-46(52-47)31-27-28-33-32-17-6-11-24-40(32)53-43(33)29-31/h3-29H,1-2H3. The van der Waals surface area contributed by atoms with E-state index in [0.29, 0.717) is 17.5 Å². The van der Waals surface area contributed by atoms with Crippen LogP contribution < -0.4 is 4.74 Å². The summed E-state index contributed by atoms with van der Waals surface area (Å²) in [5.74, 6) is 3.54. The maximum Gasteiger partial charge on any atom is 0.164 e. The molecule has 256 valence electrons. The summed E-state index contributed by atoms with van der Waals surface area (Å²) < 4.78 is 13.0. The van der Waals surface area contributed by atoms with Gasteiger partial charge in [-0.3, -0.25) is 0 Å². The molecule has 11 rings (SSSR count). The predicted octanol–water partition coefficient (Wildman–Crippen LogP) is 11.9. The number of ether oxygens (including phenoxy) is 1. The molecule has 0 amide bonds. The zero-order valence-electron chi connectivity index (χ0n) is 29.7. The van der Waals surface area contributed by atoms with Crippen molar-refractivity contribution in [1.29, 1.82) is 0 Å². The van der Waals surface area contributed by atoms with Crippen molar-refractivity contribution in [1.82, 2.24) is 15.0 Å². The van der Waals surface area contributed by atoms with Crippen molar-refractivity contribution in [2.24, 2.45) is 0 Å². The predicted molar refractivity (Wildman–Crippen MR) is 214 cm³/mol. The molecular weight excluding hydrogens is 663 g/mol. The monoisotopic (exact) mass is 695 g/mol. The van der Waals surface area contributed by atoms with Crippen LogP contribution >= 0.6 is 0 Å². The third-order valence-electron chi connectivity index (χ3n) is 11.4. The third kappa shape index (κ3) is 4.24. The molecule has 0 fully saturated rings. The second kappa shape index (κ2) is 11.3. The summed E-state index contributed by atoms with van der Waals surface area (Å²) in [6, 6.07) is 57.0. The van der Waals surface area contributed by atoms with Gasteiger partial charge in [0.15, 0.2) is 17.5 Å². The molecule has 1 aliphatic heterocycles. The Balaban J connectivity index is 1.21. The maximum absolute atomic E-state index is 6.64. The molecule has 0 unspecified atom stereocenters. The minimum atomic E-state index is -0.645. The zero-order chi connectivity index (χ0) is 36.0. The molecule has 0 radical (unpaired) electrons. The van der Waals surface area contributed by atoms with Crippen molar-refractivity contribution in [3.05, 3.63) is 197 Å². The molecule has 1 aliphatic carbocycles. The van der Waals surface area contributed by atoms with E-state index < -0.39 is 10.8 Å². The smallest absolute Gasteiger partial charge is 0.164 e. The van der Waals surface area contributed by atoms with E-state index in [1.165, 1.54) is 22.3 Å². The largest absolute Gasteiger partial charge is 0.457 e. The summed E-state index contributed by atoms with van der Waals surface area (Å²) in [4.78, 5) is 15.7. The molecular formula is C49H33N3O2. The molecule has 5 nitrogen and oxygen atoms in total. The van der Waals surface area contributed by atoms with Gasteiger partial charge in [-0.05, 0) is 52.6 Å². The average Bonchev–Trinajstić information content (AvgIpc) is 3.60. The minimum Gasteiger partial charge on any atom is -0.457 e. The Labute approximate surface area is 312 Å². The molecule has 7 aromatic carbocycles. The number of benzene rings is 7. The van der Waals surface area contributed by atoms with Gasteiger partial charge < -0.3 is 9.15 Å². The fourth-order valence-corrected chi connectivity index (χ4v) is 9.14. The zero-order valence-corrected chi connectivity index (χ0v) is 29.7. The summed E-state index contributed by atoms with van der Waals surface area (Å²) in [5, 5.41) is 2.15. The topological polar surface area (TPSA) is 61.0 Å². The lowest BCUT2D eigenvalue weighted by Gasteiger charge is -2.50. The van der Waals surface area contributed by atoms with E-state index in [0.717, 1.165) is 61.3 Å². The normalized spacial score (nSPS) is 14.6. The Kier molecular flexibility index (Phi) is 6.45. The molecule has 2 aliphatic rings. The number of rotatable bonds is 3. The Morgan fingerprint density at radius 1 is 0.426 bits per heavy atom. The lowest BCUT2D eigenvalue weighted by Crippen LogP contribution is -2.43. The summed E-state index contributed by atoms with van der Waals surface area (Å²) in [5.41, 5.74) is 10.5. The molecule has 54 heavy (non-hydrogen) atoms. The van der Waals surface area contributed by atoms with Gasteiger partial charge in [0.2, 0.25) is 0 Å². The fraction of sp³-hybridized carbons (Fsp3) is 0.0816. The number of furan rings is 1.